The minimum absolute atomic E-state index is 0.163. The van der Waals surface area contributed by atoms with Gasteiger partial charge in [-0.25, -0.2) is 0 Å². The molecule has 0 saturated carbocycles. The predicted octanol–water partition coefficient (Wildman–Crippen LogP) is 5.58. The molecule has 3 rings (SSSR count). The van der Waals surface area contributed by atoms with Gasteiger partial charge in [0.1, 0.15) is 11.8 Å². The summed E-state index contributed by atoms with van der Waals surface area (Å²) in [6, 6.07) is 23.9. The summed E-state index contributed by atoms with van der Waals surface area (Å²) in [6.45, 7) is 4.75. The Morgan fingerprint density at radius 1 is 0.943 bits per heavy atom. The molecule has 3 aromatic carbocycles. The van der Waals surface area contributed by atoms with Gasteiger partial charge in [-0.2, -0.15) is 0 Å². The molecule has 0 aromatic heterocycles. The van der Waals surface area contributed by atoms with Crippen molar-refractivity contribution in [1.82, 2.24) is 10.2 Å². The van der Waals surface area contributed by atoms with Gasteiger partial charge in [0, 0.05) is 24.5 Å². The first-order valence-electron chi connectivity index (χ1n) is 12.0. The van der Waals surface area contributed by atoms with Gasteiger partial charge in [0.15, 0.2) is 6.61 Å². The summed E-state index contributed by atoms with van der Waals surface area (Å²) in [5, 5.41) is 3.64. The second-order valence-corrected chi connectivity index (χ2v) is 9.04. The highest BCUT2D eigenvalue weighted by molar-refractivity contribution is 6.30. The van der Waals surface area contributed by atoms with Gasteiger partial charge in [-0.3, -0.25) is 9.59 Å². The Labute approximate surface area is 213 Å². The molecular formula is C29H33ClN2O3. The van der Waals surface area contributed by atoms with Crippen molar-refractivity contribution >= 4 is 23.4 Å². The molecule has 1 N–H and O–H groups in total. The highest BCUT2D eigenvalue weighted by atomic mass is 35.5. The summed E-state index contributed by atoms with van der Waals surface area (Å²) in [5.74, 6) is 0.189. The normalized spacial score (nSPS) is 11.5. The van der Waals surface area contributed by atoms with Crippen LogP contribution in [0.3, 0.4) is 0 Å². The van der Waals surface area contributed by atoms with Crippen LogP contribution in [0.2, 0.25) is 5.02 Å². The number of rotatable bonds is 12. The molecule has 0 heterocycles. The van der Waals surface area contributed by atoms with E-state index in [0.29, 0.717) is 23.7 Å². The van der Waals surface area contributed by atoms with E-state index in [-0.39, 0.29) is 25.0 Å². The molecule has 0 saturated heterocycles. The van der Waals surface area contributed by atoms with Crippen LogP contribution < -0.4 is 10.1 Å². The van der Waals surface area contributed by atoms with E-state index < -0.39 is 6.04 Å². The molecule has 3 aromatic rings. The first-order chi connectivity index (χ1) is 17.0. The average molecular weight is 493 g/mol. The molecule has 0 bridgehead atoms. The number of aryl methyl sites for hydroxylation is 1. The van der Waals surface area contributed by atoms with Crippen LogP contribution >= 0.6 is 11.6 Å². The van der Waals surface area contributed by atoms with Crippen LogP contribution in [0.15, 0.2) is 78.9 Å². The zero-order valence-corrected chi connectivity index (χ0v) is 21.1. The number of halogens is 1. The maximum absolute atomic E-state index is 13.5. The maximum atomic E-state index is 13.5. The van der Waals surface area contributed by atoms with E-state index in [2.05, 4.69) is 12.2 Å². The van der Waals surface area contributed by atoms with Crippen molar-refractivity contribution < 1.29 is 14.3 Å². The third kappa shape index (κ3) is 8.45. The monoisotopic (exact) mass is 492 g/mol. The van der Waals surface area contributed by atoms with E-state index in [1.165, 1.54) is 0 Å². The van der Waals surface area contributed by atoms with Gasteiger partial charge >= 0.3 is 0 Å². The lowest BCUT2D eigenvalue weighted by molar-refractivity contribution is -0.142. The number of benzene rings is 3. The average Bonchev–Trinajstić information content (AvgIpc) is 2.87. The van der Waals surface area contributed by atoms with Crippen LogP contribution in [0.1, 0.15) is 36.5 Å². The van der Waals surface area contributed by atoms with Crippen LogP contribution in [-0.4, -0.2) is 35.9 Å². The van der Waals surface area contributed by atoms with E-state index in [9.17, 15) is 9.59 Å². The van der Waals surface area contributed by atoms with Crippen LogP contribution in [0.25, 0.3) is 0 Å². The molecule has 0 radical (unpaired) electrons. The van der Waals surface area contributed by atoms with Gasteiger partial charge in [0.2, 0.25) is 5.91 Å². The summed E-state index contributed by atoms with van der Waals surface area (Å²) >= 11 is 6.07. The van der Waals surface area contributed by atoms with Crippen molar-refractivity contribution in [2.24, 2.45) is 0 Å². The molecule has 6 heteroatoms. The van der Waals surface area contributed by atoms with E-state index >= 15 is 0 Å². The summed E-state index contributed by atoms with van der Waals surface area (Å²) < 4.78 is 5.80. The van der Waals surface area contributed by atoms with Gasteiger partial charge in [-0.05, 0) is 48.7 Å². The van der Waals surface area contributed by atoms with Crippen molar-refractivity contribution in [3.63, 3.8) is 0 Å². The Kier molecular flexibility index (Phi) is 10.2. The minimum Gasteiger partial charge on any atom is -0.484 e. The van der Waals surface area contributed by atoms with E-state index in [1.807, 2.05) is 73.7 Å². The zero-order valence-electron chi connectivity index (χ0n) is 20.4. The largest absolute Gasteiger partial charge is 0.484 e. The summed E-state index contributed by atoms with van der Waals surface area (Å²) in [6.07, 6.45) is 2.26. The van der Waals surface area contributed by atoms with Crippen molar-refractivity contribution in [2.75, 3.05) is 13.2 Å². The van der Waals surface area contributed by atoms with Gasteiger partial charge in [0.05, 0.1) is 0 Å². The number of ether oxygens (including phenoxy) is 1. The van der Waals surface area contributed by atoms with Gasteiger partial charge in [-0.15, -0.1) is 0 Å². The standard InChI is InChI=1S/C29H33ClN2O3/c1-3-4-18-31-29(34)27(19-23-8-6-5-7-9-23)32(20-24-12-14-25(30)15-13-24)28(33)21-35-26-16-10-22(2)11-17-26/h5-17,27H,3-4,18-21H2,1-2H3,(H,31,34). The number of amides is 2. The van der Waals surface area contributed by atoms with Crippen molar-refractivity contribution in [3.05, 3.63) is 101 Å². The molecule has 0 fully saturated rings. The molecule has 5 nitrogen and oxygen atoms in total. The second kappa shape index (κ2) is 13.5. The molecule has 0 aliphatic heterocycles. The molecule has 184 valence electrons. The second-order valence-electron chi connectivity index (χ2n) is 8.60. The summed E-state index contributed by atoms with van der Waals surface area (Å²) in [7, 11) is 0. The topological polar surface area (TPSA) is 58.6 Å². The van der Waals surface area contributed by atoms with Crippen molar-refractivity contribution in [3.8, 4) is 5.75 Å². The Hall–Kier alpha value is -3.31. The third-order valence-corrected chi connectivity index (χ3v) is 6.00. The Balaban J connectivity index is 1.86. The number of unbranched alkanes of at least 4 members (excludes halogenated alkanes) is 1. The highest BCUT2D eigenvalue weighted by Crippen LogP contribution is 2.18. The Morgan fingerprint density at radius 3 is 2.29 bits per heavy atom. The number of nitrogens with zero attached hydrogens (tertiary/aromatic N) is 1. The quantitative estimate of drug-likeness (QED) is 0.335. The smallest absolute Gasteiger partial charge is 0.261 e. The van der Waals surface area contributed by atoms with E-state index in [4.69, 9.17) is 16.3 Å². The molecule has 2 amide bonds. The van der Waals surface area contributed by atoms with Gasteiger partial charge < -0.3 is 15.0 Å². The fraction of sp³-hybridized carbons (Fsp3) is 0.310. The van der Waals surface area contributed by atoms with Gasteiger partial charge in [0.25, 0.3) is 5.91 Å². The number of carbonyl (C=O) groups is 2. The lowest BCUT2D eigenvalue weighted by Gasteiger charge is -2.31. The molecule has 35 heavy (non-hydrogen) atoms. The highest BCUT2D eigenvalue weighted by Gasteiger charge is 2.30. The fourth-order valence-electron chi connectivity index (χ4n) is 3.71. The number of carbonyl (C=O) groups excluding carboxylic acids is 2. The SMILES string of the molecule is CCCCNC(=O)C(Cc1ccccc1)N(Cc1ccc(Cl)cc1)C(=O)COc1ccc(C)cc1. The third-order valence-electron chi connectivity index (χ3n) is 5.75. The number of hydrogen-bond acceptors (Lipinski definition) is 3. The van der Waals surface area contributed by atoms with Crippen LogP contribution in [0.5, 0.6) is 5.75 Å². The molecule has 1 atom stereocenters. The van der Waals surface area contributed by atoms with Crippen LogP contribution in [0.4, 0.5) is 0 Å². The molecule has 1 unspecified atom stereocenters. The number of hydrogen-bond donors (Lipinski definition) is 1. The lowest BCUT2D eigenvalue weighted by atomic mass is 10.0. The molecule has 0 aliphatic rings. The fourth-order valence-corrected chi connectivity index (χ4v) is 3.84. The first kappa shape index (κ1) is 26.3. The predicted molar refractivity (Wildman–Crippen MR) is 141 cm³/mol. The minimum atomic E-state index is -0.681. The molecule has 0 aliphatic carbocycles. The van der Waals surface area contributed by atoms with Crippen molar-refractivity contribution in [2.45, 2.75) is 45.7 Å². The lowest BCUT2D eigenvalue weighted by Crippen LogP contribution is -2.51. The van der Waals surface area contributed by atoms with Crippen LogP contribution in [0, 0.1) is 6.92 Å². The summed E-state index contributed by atoms with van der Waals surface area (Å²) in [4.78, 5) is 28.5. The first-order valence-corrected chi connectivity index (χ1v) is 12.4. The Morgan fingerprint density at radius 2 is 1.63 bits per heavy atom. The molecule has 0 spiro atoms. The zero-order chi connectivity index (χ0) is 25.0. The van der Waals surface area contributed by atoms with E-state index in [0.717, 1.165) is 29.5 Å². The maximum Gasteiger partial charge on any atom is 0.261 e. The van der Waals surface area contributed by atoms with E-state index in [1.54, 1.807) is 17.0 Å². The van der Waals surface area contributed by atoms with Crippen molar-refractivity contribution in [1.29, 1.82) is 0 Å². The van der Waals surface area contributed by atoms with Gasteiger partial charge in [-0.1, -0.05) is 85.1 Å². The Bertz CT molecular complexity index is 1070. The number of nitrogens with one attached hydrogen (secondary N) is 1. The summed E-state index contributed by atoms with van der Waals surface area (Å²) in [5.41, 5.74) is 2.98. The van der Waals surface area contributed by atoms with Crippen LogP contribution in [-0.2, 0) is 22.6 Å². The molecular weight excluding hydrogens is 460 g/mol.